The molecule has 0 saturated carbocycles. The summed E-state index contributed by atoms with van der Waals surface area (Å²) in [6.45, 7) is 4.25. The highest BCUT2D eigenvalue weighted by molar-refractivity contribution is 7.13. The van der Waals surface area contributed by atoms with E-state index in [0.29, 0.717) is 6.61 Å². The van der Waals surface area contributed by atoms with Gasteiger partial charge in [0.15, 0.2) is 0 Å². The molecule has 0 atom stereocenters. The van der Waals surface area contributed by atoms with Gasteiger partial charge in [-0.15, -0.1) is 11.3 Å². The van der Waals surface area contributed by atoms with Crippen molar-refractivity contribution in [1.29, 1.82) is 0 Å². The van der Waals surface area contributed by atoms with Crippen LogP contribution in [0.4, 0.5) is 10.5 Å². The van der Waals surface area contributed by atoms with Gasteiger partial charge in [0.25, 0.3) is 0 Å². The van der Waals surface area contributed by atoms with E-state index >= 15 is 0 Å². The maximum absolute atomic E-state index is 12.0. The predicted octanol–water partition coefficient (Wildman–Crippen LogP) is 3.68. The Morgan fingerprint density at radius 1 is 1.33 bits per heavy atom. The number of ether oxygens (including phenoxy) is 1. The number of aryl methyl sites for hydroxylation is 1. The highest BCUT2D eigenvalue weighted by Gasteiger charge is 2.12. The Bertz CT molecular complexity index is 901. The first-order valence-electron chi connectivity index (χ1n) is 8.63. The third-order valence-corrected chi connectivity index (χ3v) is 4.77. The number of urea groups is 1. The van der Waals surface area contributed by atoms with Crippen molar-refractivity contribution in [2.45, 2.75) is 26.5 Å². The zero-order valence-corrected chi connectivity index (χ0v) is 16.7. The number of benzene rings is 1. The standard InChI is InChI=1S/C19H23N5O2S/c1-13(2)21-19(25)24(4)16-5-7-17(8-6-16)26-11-15-12-27-18(22-15)14-9-20-23(3)10-14/h5-10,12-13H,11H2,1-4H3,(H,21,25). The fourth-order valence-electron chi connectivity index (χ4n) is 2.42. The van der Waals surface area contributed by atoms with Crippen molar-refractivity contribution in [3.05, 3.63) is 47.7 Å². The Labute approximate surface area is 162 Å². The Hall–Kier alpha value is -2.87. The van der Waals surface area contributed by atoms with E-state index in [1.807, 2.05) is 56.7 Å². The molecule has 0 aliphatic carbocycles. The fourth-order valence-corrected chi connectivity index (χ4v) is 3.20. The zero-order valence-electron chi connectivity index (χ0n) is 15.8. The van der Waals surface area contributed by atoms with Crippen LogP contribution in [-0.2, 0) is 13.7 Å². The topological polar surface area (TPSA) is 72.3 Å². The molecule has 0 unspecified atom stereocenters. The summed E-state index contributed by atoms with van der Waals surface area (Å²) in [4.78, 5) is 18.2. The summed E-state index contributed by atoms with van der Waals surface area (Å²) in [5, 5.41) is 9.94. The number of thiazole rings is 1. The quantitative estimate of drug-likeness (QED) is 0.703. The van der Waals surface area contributed by atoms with Crippen LogP contribution in [0.15, 0.2) is 42.0 Å². The van der Waals surface area contributed by atoms with E-state index in [-0.39, 0.29) is 12.1 Å². The SMILES string of the molecule is CC(C)NC(=O)N(C)c1ccc(OCc2csc(-c3cnn(C)c3)n2)cc1. The van der Waals surface area contributed by atoms with E-state index < -0.39 is 0 Å². The van der Waals surface area contributed by atoms with Gasteiger partial charge in [0.1, 0.15) is 17.4 Å². The zero-order chi connectivity index (χ0) is 19.4. The first-order chi connectivity index (χ1) is 12.9. The molecule has 0 saturated heterocycles. The number of hydrogen-bond acceptors (Lipinski definition) is 5. The molecule has 0 spiro atoms. The second kappa shape index (κ2) is 8.22. The maximum Gasteiger partial charge on any atom is 0.321 e. The van der Waals surface area contributed by atoms with Crippen LogP contribution in [0.25, 0.3) is 10.6 Å². The van der Waals surface area contributed by atoms with E-state index in [9.17, 15) is 4.79 Å². The Balaban J connectivity index is 1.57. The summed E-state index contributed by atoms with van der Waals surface area (Å²) in [5.74, 6) is 0.729. The van der Waals surface area contributed by atoms with Gasteiger partial charge in [-0.05, 0) is 38.1 Å². The Kier molecular flexibility index (Phi) is 5.75. The van der Waals surface area contributed by atoms with Gasteiger partial charge in [-0.1, -0.05) is 0 Å². The fraction of sp³-hybridized carbons (Fsp3) is 0.316. The largest absolute Gasteiger partial charge is 0.487 e. The van der Waals surface area contributed by atoms with E-state index in [1.165, 1.54) is 0 Å². The molecule has 8 heteroatoms. The van der Waals surface area contributed by atoms with Crippen LogP contribution in [0, 0.1) is 0 Å². The summed E-state index contributed by atoms with van der Waals surface area (Å²) in [7, 11) is 3.62. The lowest BCUT2D eigenvalue weighted by atomic mass is 10.3. The second-order valence-corrected chi connectivity index (χ2v) is 7.35. The molecule has 2 amide bonds. The third-order valence-electron chi connectivity index (χ3n) is 3.83. The molecule has 0 bridgehead atoms. The summed E-state index contributed by atoms with van der Waals surface area (Å²) in [5.41, 5.74) is 2.67. The molecule has 0 radical (unpaired) electrons. The Morgan fingerprint density at radius 2 is 2.07 bits per heavy atom. The lowest BCUT2D eigenvalue weighted by molar-refractivity contribution is 0.245. The van der Waals surface area contributed by atoms with E-state index in [4.69, 9.17) is 4.74 Å². The molecule has 0 aliphatic rings. The summed E-state index contributed by atoms with van der Waals surface area (Å²) < 4.78 is 7.57. The summed E-state index contributed by atoms with van der Waals surface area (Å²) in [6, 6.07) is 7.38. The lowest BCUT2D eigenvalue weighted by Crippen LogP contribution is -2.40. The molecule has 7 nitrogen and oxygen atoms in total. The number of amides is 2. The smallest absolute Gasteiger partial charge is 0.321 e. The van der Waals surface area contributed by atoms with Gasteiger partial charge in [0.2, 0.25) is 0 Å². The highest BCUT2D eigenvalue weighted by atomic mass is 32.1. The Morgan fingerprint density at radius 3 is 2.70 bits per heavy atom. The molecule has 1 N–H and O–H groups in total. The van der Waals surface area contributed by atoms with Crippen LogP contribution in [0.3, 0.4) is 0 Å². The average Bonchev–Trinajstić information content (AvgIpc) is 3.28. The number of nitrogens with zero attached hydrogens (tertiary/aromatic N) is 4. The van der Waals surface area contributed by atoms with Gasteiger partial charge in [-0.3, -0.25) is 9.58 Å². The van der Waals surface area contributed by atoms with Crippen molar-refractivity contribution in [2.24, 2.45) is 7.05 Å². The van der Waals surface area contributed by atoms with Crippen LogP contribution in [0.2, 0.25) is 0 Å². The summed E-state index contributed by atoms with van der Waals surface area (Å²) in [6.07, 6.45) is 3.74. The minimum Gasteiger partial charge on any atom is -0.487 e. The molecule has 2 aromatic heterocycles. The number of nitrogens with one attached hydrogen (secondary N) is 1. The normalized spacial score (nSPS) is 10.9. The van der Waals surface area contributed by atoms with Crippen LogP contribution in [0.5, 0.6) is 5.75 Å². The van der Waals surface area contributed by atoms with Crippen molar-refractivity contribution in [3.63, 3.8) is 0 Å². The number of carbonyl (C=O) groups is 1. The van der Waals surface area contributed by atoms with Crippen molar-refractivity contribution in [3.8, 4) is 16.3 Å². The molecular weight excluding hydrogens is 362 g/mol. The van der Waals surface area contributed by atoms with E-state index in [1.54, 1.807) is 34.2 Å². The van der Waals surface area contributed by atoms with Crippen LogP contribution < -0.4 is 15.0 Å². The number of hydrogen-bond donors (Lipinski definition) is 1. The van der Waals surface area contributed by atoms with E-state index in [0.717, 1.165) is 27.7 Å². The summed E-state index contributed by atoms with van der Waals surface area (Å²) >= 11 is 1.57. The number of rotatable bonds is 6. The molecule has 0 fully saturated rings. The minimum atomic E-state index is -0.135. The molecule has 1 aromatic carbocycles. The average molecular weight is 385 g/mol. The van der Waals surface area contributed by atoms with Gasteiger partial charge in [-0.2, -0.15) is 5.10 Å². The number of carbonyl (C=O) groups excluding carboxylic acids is 1. The first kappa shape index (κ1) is 18.9. The van der Waals surface area contributed by atoms with Crippen molar-refractivity contribution in [1.82, 2.24) is 20.1 Å². The molecule has 3 rings (SSSR count). The monoisotopic (exact) mass is 385 g/mol. The van der Waals surface area contributed by atoms with Gasteiger partial charge in [0.05, 0.1) is 11.9 Å². The molecule has 0 aliphatic heterocycles. The third kappa shape index (κ3) is 4.85. The van der Waals surface area contributed by atoms with Crippen LogP contribution >= 0.6 is 11.3 Å². The van der Waals surface area contributed by atoms with Crippen molar-refractivity contribution in [2.75, 3.05) is 11.9 Å². The lowest BCUT2D eigenvalue weighted by Gasteiger charge is -2.20. The highest BCUT2D eigenvalue weighted by Crippen LogP contribution is 2.24. The minimum absolute atomic E-state index is 0.0947. The molecule has 3 aromatic rings. The molecule has 27 heavy (non-hydrogen) atoms. The molecule has 2 heterocycles. The van der Waals surface area contributed by atoms with Gasteiger partial charge in [0, 0.05) is 43.0 Å². The van der Waals surface area contributed by atoms with E-state index in [2.05, 4.69) is 15.4 Å². The maximum atomic E-state index is 12.0. The predicted molar refractivity (Wildman–Crippen MR) is 107 cm³/mol. The number of anilines is 1. The van der Waals surface area contributed by atoms with Gasteiger partial charge in [-0.25, -0.2) is 9.78 Å². The van der Waals surface area contributed by atoms with Crippen LogP contribution in [0.1, 0.15) is 19.5 Å². The molecular formula is C19H23N5O2S. The number of aromatic nitrogens is 3. The second-order valence-electron chi connectivity index (χ2n) is 6.49. The van der Waals surface area contributed by atoms with Crippen molar-refractivity contribution >= 4 is 23.1 Å². The first-order valence-corrected chi connectivity index (χ1v) is 9.51. The van der Waals surface area contributed by atoms with Crippen LogP contribution in [-0.4, -0.2) is 33.9 Å². The molecule has 142 valence electrons. The van der Waals surface area contributed by atoms with Gasteiger partial charge >= 0.3 is 6.03 Å². The van der Waals surface area contributed by atoms with Gasteiger partial charge < -0.3 is 10.1 Å². The van der Waals surface area contributed by atoms with Crippen molar-refractivity contribution < 1.29 is 9.53 Å².